The van der Waals surface area contributed by atoms with E-state index in [9.17, 15) is 0 Å². The summed E-state index contributed by atoms with van der Waals surface area (Å²) in [5, 5.41) is 0. The number of rotatable bonds is 2. The van der Waals surface area contributed by atoms with Crippen LogP contribution in [0.15, 0.2) is 0 Å². The van der Waals surface area contributed by atoms with Crippen LogP contribution in [0.1, 0.15) is 58.8 Å². The van der Waals surface area contributed by atoms with Crippen LogP contribution in [0.3, 0.4) is 0 Å². The molecule has 3 atom stereocenters. The van der Waals surface area contributed by atoms with Gasteiger partial charge in [-0.05, 0) is 44.6 Å². The van der Waals surface area contributed by atoms with E-state index in [1.807, 2.05) is 0 Å². The van der Waals surface area contributed by atoms with Crippen molar-refractivity contribution in [2.75, 3.05) is 6.54 Å². The molecular formula is C13H25N. The van der Waals surface area contributed by atoms with Crippen LogP contribution < -0.4 is 0 Å². The van der Waals surface area contributed by atoms with Crippen molar-refractivity contribution in [2.45, 2.75) is 70.9 Å². The van der Waals surface area contributed by atoms with Crippen LogP contribution in [0.5, 0.6) is 0 Å². The summed E-state index contributed by atoms with van der Waals surface area (Å²) in [4.78, 5) is 2.84. The molecule has 2 rings (SSSR count). The van der Waals surface area contributed by atoms with Gasteiger partial charge in [0.2, 0.25) is 0 Å². The van der Waals surface area contributed by atoms with E-state index in [-0.39, 0.29) is 0 Å². The van der Waals surface area contributed by atoms with Crippen LogP contribution in [-0.4, -0.2) is 23.5 Å². The van der Waals surface area contributed by atoms with Crippen LogP contribution in [0.2, 0.25) is 0 Å². The maximum atomic E-state index is 2.84. The van der Waals surface area contributed by atoms with Gasteiger partial charge in [0, 0.05) is 12.1 Å². The number of hydrogen-bond donors (Lipinski definition) is 0. The molecule has 0 radical (unpaired) electrons. The molecule has 1 aliphatic carbocycles. The molecule has 1 saturated heterocycles. The van der Waals surface area contributed by atoms with E-state index in [0.717, 1.165) is 18.0 Å². The second-order valence-corrected chi connectivity index (χ2v) is 5.27. The van der Waals surface area contributed by atoms with Crippen molar-refractivity contribution in [3.63, 3.8) is 0 Å². The second-order valence-electron chi connectivity index (χ2n) is 5.27. The Hall–Kier alpha value is -0.0400. The highest BCUT2D eigenvalue weighted by atomic mass is 15.2. The van der Waals surface area contributed by atoms with Gasteiger partial charge in [0.1, 0.15) is 0 Å². The lowest BCUT2D eigenvalue weighted by atomic mass is 9.84. The third-order valence-electron chi connectivity index (χ3n) is 4.39. The van der Waals surface area contributed by atoms with Gasteiger partial charge in [0.05, 0.1) is 0 Å². The van der Waals surface area contributed by atoms with E-state index in [4.69, 9.17) is 0 Å². The number of nitrogens with zero attached hydrogens (tertiary/aromatic N) is 1. The standard InChI is InChI=1S/C13H25N/c1-3-12-8-6-10-14(12)13-9-5-4-7-11(13)2/h11-13H,3-10H2,1-2H3. The Kier molecular flexibility index (Phi) is 3.48. The van der Waals surface area contributed by atoms with Crippen molar-refractivity contribution in [1.29, 1.82) is 0 Å². The average Bonchev–Trinajstić information content (AvgIpc) is 2.66. The summed E-state index contributed by atoms with van der Waals surface area (Å²) in [7, 11) is 0. The van der Waals surface area contributed by atoms with E-state index in [1.165, 1.54) is 51.5 Å². The minimum atomic E-state index is 0.917. The predicted molar refractivity (Wildman–Crippen MR) is 61.4 cm³/mol. The monoisotopic (exact) mass is 195 g/mol. The quantitative estimate of drug-likeness (QED) is 0.652. The van der Waals surface area contributed by atoms with E-state index in [1.54, 1.807) is 0 Å². The van der Waals surface area contributed by atoms with Crippen LogP contribution in [0.4, 0.5) is 0 Å². The summed E-state index contributed by atoms with van der Waals surface area (Å²) < 4.78 is 0. The third kappa shape index (κ3) is 1.98. The van der Waals surface area contributed by atoms with Crippen LogP contribution in [0, 0.1) is 5.92 Å². The van der Waals surface area contributed by atoms with Crippen molar-refractivity contribution < 1.29 is 0 Å². The Bertz CT molecular complexity index is 178. The first-order valence-electron chi connectivity index (χ1n) is 6.58. The lowest BCUT2D eigenvalue weighted by molar-refractivity contribution is 0.0980. The fraction of sp³-hybridized carbons (Fsp3) is 1.00. The zero-order valence-electron chi connectivity index (χ0n) is 9.84. The molecular weight excluding hydrogens is 170 g/mol. The van der Waals surface area contributed by atoms with Crippen LogP contribution in [0.25, 0.3) is 0 Å². The highest BCUT2D eigenvalue weighted by Gasteiger charge is 2.33. The molecule has 3 unspecified atom stereocenters. The lowest BCUT2D eigenvalue weighted by Gasteiger charge is -2.39. The summed E-state index contributed by atoms with van der Waals surface area (Å²) in [5.41, 5.74) is 0. The zero-order chi connectivity index (χ0) is 9.97. The summed E-state index contributed by atoms with van der Waals surface area (Å²) >= 11 is 0. The molecule has 14 heavy (non-hydrogen) atoms. The van der Waals surface area contributed by atoms with Crippen molar-refractivity contribution in [3.8, 4) is 0 Å². The highest BCUT2D eigenvalue weighted by molar-refractivity contribution is 4.88. The fourth-order valence-corrected chi connectivity index (χ4v) is 3.52. The summed E-state index contributed by atoms with van der Waals surface area (Å²) in [6.45, 7) is 6.21. The van der Waals surface area contributed by atoms with Crippen LogP contribution in [-0.2, 0) is 0 Å². The average molecular weight is 195 g/mol. The maximum Gasteiger partial charge on any atom is 0.0124 e. The Morgan fingerprint density at radius 1 is 1.07 bits per heavy atom. The summed E-state index contributed by atoms with van der Waals surface area (Å²) in [6, 6.07) is 1.84. The molecule has 0 aromatic heterocycles. The summed E-state index contributed by atoms with van der Waals surface area (Å²) in [5.74, 6) is 0.955. The van der Waals surface area contributed by atoms with Crippen molar-refractivity contribution in [1.82, 2.24) is 4.90 Å². The van der Waals surface area contributed by atoms with Gasteiger partial charge >= 0.3 is 0 Å². The zero-order valence-corrected chi connectivity index (χ0v) is 9.84. The van der Waals surface area contributed by atoms with Gasteiger partial charge in [0.25, 0.3) is 0 Å². The molecule has 0 aromatic carbocycles. The van der Waals surface area contributed by atoms with Gasteiger partial charge in [-0.1, -0.05) is 26.7 Å². The van der Waals surface area contributed by atoms with E-state index in [2.05, 4.69) is 18.7 Å². The van der Waals surface area contributed by atoms with Gasteiger partial charge in [-0.2, -0.15) is 0 Å². The van der Waals surface area contributed by atoms with E-state index in [0.29, 0.717) is 0 Å². The molecule has 82 valence electrons. The highest BCUT2D eigenvalue weighted by Crippen LogP contribution is 2.33. The smallest absolute Gasteiger partial charge is 0.0124 e. The van der Waals surface area contributed by atoms with Gasteiger partial charge in [0.15, 0.2) is 0 Å². The largest absolute Gasteiger partial charge is 0.297 e. The van der Waals surface area contributed by atoms with E-state index >= 15 is 0 Å². The predicted octanol–water partition coefficient (Wildman–Crippen LogP) is 3.44. The van der Waals surface area contributed by atoms with Gasteiger partial charge < -0.3 is 0 Å². The minimum Gasteiger partial charge on any atom is -0.297 e. The SMILES string of the molecule is CCC1CCCN1C1CCCCC1C. The topological polar surface area (TPSA) is 3.24 Å². The Morgan fingerprint density at radius 2 is 1.86 bits per heavy atom. The Morgan fingerprint density at radius 3 is 2.57 bits per heavy atom. The lowest BCUT2D eigenvalue weighted by Crippen LogP contribution is -2.44. The molecule has 1 aliphatic heterocycles. The Balaban J connectivity index is 1.97. The third-order valence-corrected chi connectivity index (χ3v) is 4.39. The molecule has 0 N–H and O–H groups in total. The molecule has 0 bridgehead atoms. The number of likely N-dealkylation sites (tertiary alicyclic amines) is 1. The fourth-order valence-electron chi connectivity index (χ4n) is 3.52. The molecule has 1 saturated carbocycles. The normalized spacial score (nSPS) is 40.3. The van der Waals surface area contributed by atoms with Gasteiger partial charge in [-0.15, -0.1) is 0 Å². The van der Waals surface area contributed by atoms with E-state index < -0.39 is 0 Å². The van der Waals surface area contributed by atoms with Gasteiger partial charge in [-0.3, -0.25) is 4.90 Å². The second kappa shape index (κ2) is 4.65. The molecule has 0 aromatic rings. The molecule has 1 nitrogen and oxygen atoms in total. The first-order chi connectivity index (χ1) is 6.83. The molecule has 0 spiro atoms. The summed E-state index contributed by atoms with van der Waals surface area (Å²) in [6.07, 6.45) is 10.2. The van der Waals surface area contributed by atoms with Crippen molar-refractivity contribution in [3.05, 3.63) is 0 Å². The van der Waals surface area contributed by atoms with Crippen molar-refractivity contribution >= 4 is 0 Å². The van der Waals surface area contributed by atoms with Gasteiger partial charge in [-0.25, -0.2) is 0 Å². The van der Waals surface area contributed by atoms with Crippen LogP contribution >= 0.6 is 0 Å². The molecule has 0 amide bonds. The molecule has 2 fully saturated rings. The Labute approximate surface area is 88.9 Å². The molecule has 1 heteroatoms. The first kappa shape index (κ1) is 10.5. The first-order valence-corrected chi connectivity index (χ1v) is 6.58. The molecule has 1 heterocycles. The van der Waals surface area contributed by atoms with Crippen molar-refractivity contribution in [2.24, 2.45) is 5.92 Å². The molecule has 2 aliphatic rings. The maximum absolute atomic E-state index is 2.84. The minimum absolute atomic E-state index is 0.917. The number of hydrogen-bond acceptors (Lipinski definition) is 1.